The summed E-state index contributed by atoms with van der Waals surface area (Å²) < 4.78 is 27.3. The van der Waals surface area contributed by atoms with Gasteiger partial charge in [-0.1, -0.05) is 63.2 Å². The zero-order valence-corrected chi connectivity index (χ0v) is 14.2. The first-order valence-corrected chi connectivity index (χ1v) is 8.97. The Morgan fingerprint density at radius 1 is 0.955 bits per heavy atom. The molecule has 0 saturated heterocycles. The van der Waals surface area contributed by atoms with Gasteiger partial charge in [0.15, 0.2) is 0 Å². The molecule has 118 valence electrons. The minimum atomic E-state index is -3.48. The van der Waals surface area contributed by atoms with Gasteiger partial charge in [0.2, 0.25) is 10.0 Å². The topological polar surface area (TPSA) is 46.2 Å². The lowest BCUT2D eigenvalue weighted by atomic mass is 9.82. The van der Waals surface area contributed by atoms with E-state index in [1.165, 1.54) is 0 Å². The van der Waals surface area contributed by atoms with Crippen molar-refractivity contribution in [3.05, 3.63) is 65.7 Å². The Balaban J connectivity index is 2.13. The zero-order chi connectivity index (χ0) is 16.2. The summed E-state index contributed by atoms with van der Waals surface area (Å²) in [4.78, 5) is 0.305. The average Bonchev–Trinajstić information content (AvgIpc) is 2.54. The first-order valence-electron chi connectivity index (χ1n) is 7.49. The molecule has 0 aromatic heterocycles. The van der Waals surface area contributed by atoms with Gasteiger partial charge in [-0.05, 0) is 35.1 Å². The summed E-state index contributed by atoms with van der Waals surface area (Å²) in [6.45, 7) is 6.74. The Kier molecular flexibility index (Phi) is 5.04. The highest BCUT2D eigenvalue weighted by molar-refractivity contribution is 7.89. The number of hydrogen-bond acceptors (Lipinski definition) is 2. The van der Waals surface area contributed by atoms with Crippen LogP contribution >= 0.6 is 0 Å². The van der Waals surface area contributed by atoms with Gasteiger partial charge in [0.1, 0.15) is 0 Å². The standard InChI is InChI=1S/C18H23NO2S/c1-4-18(2,3)16-10-12-17(13-11-16)22(20,21)19-14-15-8-6-5-7-9-15/h5-13,19H,4,14H2,1-3H3. The van der Waals surface area contributed by atoms with Crippen molar-refractivity contribution in [3.63, 3.8) is 0 Å². The molecule has 22 heavy (non-hydrogen) atoms. The normalized spacial score (nSPS) is 12.3. The number of rotatable bonds is 6. The molecule has 0 radical (unpaired) electrons. The van der Waals surface area contributed by atoms with Crippen molar-refractivity contribution in [2.24, 2.45) is 0 Å². The second-order valence-corrected chi connectivity index (χ2v) is 7.84. The fraction of sp³-hybridized carbons (Fsp3) is 0.333. The molecule has 1 N–H and O–H groups in total. The summed E-state index contributed by atoms with van der Waals surface area (Å²) in [5.41, 5.74) is 2.14. The van der Waals surface area contributed by atoms with Gasteiger partial charge in [-0.25, -0.2) is 13.1 Å². The molecule has 2 aromatic rings. The fourth-order valence-electron chi connectivity index (χ4n) is 2.15. The zero-order valence-electron chi connectivity index (χ0n) is 13.3. The van der Waals surface area contributed by atoms with Crippen LogP contribution in [0.15, 0.2) is 59.5 Å². The van der Waals surface area contributed by atoms with Gasteiger partial charge >= 0.3 is 0 Å². The van der Waals surface area contributed by atoms with Crippen molar-refractivity contribution in [1.82, 2.24) is 4.72 Å². The molecule has 0 aliphatic heterocycles. The fourth-order valence-corrected chi connectivity index (χ4v) is 3.16. The molecule has 0 unspecified atom stereocenters. The third-order valence-corrected chi connectivity index (χ3v) is 5.56. The van der Waals surface area contributed by atoms with Crippen molar-refractivity contribution in [2.75, 3.05) is 0 Å². The molecule has 0 heterocycles. The maximum Gasteiger partial charge on any atom is 0.240 e. The van der Waals surface area contributed by atoms with Gasteiger partial charge in [-0.2, -0.15) is 0 Å². The lowest BCUT2D eigenvalue weighted by molar-refractivity contribution is 0.505. The summed E-state index contributed by atoms with van der Waals surface area (Å²) in [6, 6.07) is 16.7. The van der Waals surface area contributed by atoms with Crippen LogP contribution in [0.4, 0.5) is 0 Å². The lowest BCUT2D eigenvalue weighted by Gasteiger charge is -2.23. The molecular weight excluding hydrogens is 294 g/mol. The maximum atomic E-state index is 12.3. The molecule has 0 spiro atoms. The third kappa shape index (κ3) is 3.96. The smallest absolute Gasteiger partial charge is 0.207 e. The summed E-state index contributed by atoms with van der Waals surface area (Å²) in [5.74, 6) is 0. The Bertz CT molecular complexity index is 705. The van der Waals surface area contributed by atoms with Crippen molar-refractivity contribution in [2.45, 2.75) is 44.0 Å². The molecular formula is C18H23NO2S. The molecule has 0 amide bonds. The van der Waals surface area contributed by atoms with E-state index in [2.05, 4.69) is 25.5 Å². The van der Waals surface area contributed by atoms with E-state index in [4.69, 9.17) is 0 Å². The van der Waals surface area contributed by atoms with Gasteiger partial charge < -0.3 is 0 Å². The van der Waals surface area contributed by atoms with E-state index in [1.54, 1.807) is 12.1 Å². The van der Waals surface area contributed by atoms with Crippen LogP contribution in [0.3, 0.4) is 0 Å². The van der Waals surface area contributed by atoms with Crippen LogP contribution in [0.2, 0.25) is 0 Å². The Hall–Kier alpha value is -1.65. The Labute approximate surface area is 133 Å². The lowest BCUT2D eigenvalue weighted by Crippen LogP contribution is -2.23. The van der Waals surface area contributed by atoms with Crippen LogP contribution in [0, 0.1) is 0 Å². The molecule has 0 saturated carbocycles. The molecule has 0 fully saturated rings. The van der Waals surface area contributed by atoms with Crippen LogP contribution in [-0.2, 0) is 22.0 Å². The van der Waals surface area contributed by atoms with Gasteiger partial charge in [0.05, 0.1) is 4.90 Å². The highest BCUT2D eigenvalue weighted by atomic mass is 32.2. The highest BCUT2D eigenvalue weighted by Gasteiger charge is 2.19. The maximum absolute atomic E-state index is 12.3. The summed E-state index contributed by atoms with van der Waals surface area (Å²) in [6.07, 6.45) is 1.01. The average molecular weight is 317 g/mol. The molecule has 0 bridgehead atoms. The first-order chi connectivity index (χ1) is 10.3. The largest absolute Gasteiger partial charge is 0.240 e. The van der Waals surface area contributed by atoms with Crippen LogP contribution in [0.1, 0.15) is 38.3 Å². The minimum Gasteiger partial charge on any atom is -0.207 e. The third-order valence-electron chi connectivity index (χ3n) is 4.14. The SMILES string of the molecule is CCC(C)(C)c1ccc(S(=O)(=O)NCc2ccccc2)cc1. The Morgan fingerprint density at radius 2 is 1.55 bits per heavy atom. The first kappa shape index (κ1) is 16.7. The van der Waals surface area contributed by atoms with E-state index in [9.17, 15) is 8.42 Å². The van der Waals surface area contributed by atoms with Gasteiger partial charge in [0.25, 0.3) is 0 Å². The minimum absolute atomic E-state index is 0.0553. The second kappa shape index (κ2) is 6.63. The molecule has 0 atom stereocenters. The molecule has 0 aliphatic rings. The van der Waals surface area contributed by atoms with E-state index in [0.717, 1.165) is 17.5 Å². The predicted molar refractivity (Wildman–Crippen MR) is 90.2 cm³/mol. The number of sulfonamides is 1. The summed E-state index contributed by atoms with van der Waals surface area (Å²) in [7, 11) is -3.48. The van der Waals surface area contributed by atoms with Crippen LogP contribution in [-0.4, -0.2) is 8.42 Å². The predicted octanol–water partition coefficient (Wildman–Crippen LogP) is 3.85. The van der Waals surface area contributed by atoms with Crippen molar-refractivity contribution in [3.8, 4) is 0 Å². The van der Waals surface area contributed by atoms with Gasteiger partial charge in [0, 0.05) is 6.54 Å². The number of nitrogens with one attached hydrogen (secondary N) is 1. The molecule has 4 heteroatoms. The second-order valence-electron chi connectivity index (χ2n) is 6.07. The van der Waals surface area contributed by atoms with Crippen LogP contribution in [0.25, 0.3) is 0 Å². The van der Waals surface area contributed by atoms with E-state index in [0.29, 0.717) is 11.4 Å². The van der Waals surface area contributed by atoms with E-state index >= 15 is 0 Å². The van der Waals surface area contributed by atoms with Gasteiger partial charge in [-0.3, -0.25) is 0 Å². The van der Waals surface area contributed by atoms with Crippen LogP contribution < -0.4 is 4.72 Å². The summed E-state index contributed by atoms with van der Waals surface area (Å²) in [5, 5.41) is 0. The number of benzene rings is 2. The molecule has 3 nitrogen and oxygen atoms in total. The van der Waals surface area contributed by atoms with E-state index < -0.39 is 10.0 Å². The van der Waals surface area contributed by atoms with E-state index in [1.807, 2.05) is 42.5 Å². The van der Waals surface area contributed by atoms with Crippen molar-refractivity contribution < 1.29 is 8.42 Å². The molecule has 0 aliphatic carbocycles. The summed E-state index contributed by atoms with van der Waals surface area (Å²) >= 11 is 0. The Morgan fingerprint density at radius 3 is 2.09 bits per heavy atom. The molecule has 2 aromatic carbocycles. The van der Waals surface area contributed by atoms with Crippen molar-refractivity contribution in [1.29, 1.82) is 0 Å². The number of hydrogen-bond donors (Lipinski definition) is 1. The van der Waals surface area contributed by atoms with Crippen LogP contribution in [0.5, 0.6) is 0 Å². The van der Waals surface area contributed by atoms with Crippen molar-refractivity contribution >= 4 is 10.0 Å². The van der Waals surface area contributed by atoms with Gasteiger partial charge in [-0.15, -0.1) is 0 Å². The monoisotopic (exact) mass is 317 g/mol. The quantitative estimate of drug-likeness (QED) is 0.879. The highest BCUT2D eigenvalue weighted by Crippen LogP contribution is 2.27. The molecule has 2 rings (SSSR count). The van der Waals surface area contributed by atoms with E-state index in [-0.39, 0.29) is 5.41 Å².